The van der Waals surface area contributed by atoms with Crippen molar-refractivity contribution in [2.24, 2.45) is 5.10 Å². The van der Waals surface area contributed by atoms with E-state index >= 15 is 0 Å². The van der Waals surface area contributed by atoms with Crippen LogP contribution in [0.1, 0.15) is 11.1 Å². The van der Waals surface area contributed by atoms with Crippen LogP contribution in [0.15, 0.2) is 77.0 Å². The van der Waals surface area contributed by atoms with Gasteiger partial charge in [0.1, 0.15) is 0 Å². The minimum atomic E-state index is -0.248. The van der Waals surface area contributed by atoms with Crippen LogP contribution in [0.3, 0.4) is 0 Å². The Morgan fingerprint density at radius 1 is 1.00 bits per heavy atom. The maximum Gasteiger partial charge on any atom is 0.250 e. The molecule has 0 unspecified atom stereocenters. The zero-order valence-electron chi connectivity index (χ0n) is 16.6. The molecule has 32 heavy (non-hydrogen) atoms. The Morgan fingerprint density at radius 3 is 2.59 bits per heavy atom. The van der Waals surface area contributed by atoms with Gasteiger partial charge in [-0.1, -0.05) is 83.0 Å². The van der Waals surface area contributed by atoms with E-state index in [1.165, 1.54) is 18.0 Å². The predicted molar refractivity (Wildman–Crippen MR) is 133 cm³/mol. The molecule has 0 fully saturated rings. The number of nitrogens with zero attached hydrogens (tertiary/aromatic N) is 3. The summed E-state index contributed by atoms with van der Waals surface area (Å²) in [6, 6.07) is 20.7. The molecular weight excluding hydrogens is 487 g/mol. The molecule has 0 saturated carbocycles. The third-order valence-corrected chi connectivity index (χ3v) is 6.67. The number of carbonyl (C=O) groups is 1. The number of hydrogen-bond donors (Lipinski definition) is 1. The Labute approximate surface area is 204 Å². The summed E-state index contributed by atoms with van der Waals surface area (Å²) < 4.78 is 2.06. The first-order valence-corrected chi connectivity index (χ1v) is 11.7. The number of amides is 1. The maximum atomic E-state index is 12.3. The van der Waals surface area contributed by atoms with Crippen molar-refractivity contribution in [3.8, 4) is 0 Å². The summed E-state index contributed by atoms with van der Waals surface area (Å²) in [6.45, 7) is 0.555. The molecule has 9 heteroatoms. The summed E-state index contributed by atoms with van der Waals surface area (Å²) in [7, 11) is 0. The van der Waals surface area contributed by atoms with E-state index in [0.717, 1.165) is 27.3 Å². The van der Waals surface area contributed by atoms with Crippen LogP contribution in [0.25, 0.3) is 11.0 Å². The van der Waals surface area contributed by atoms with E-state index in [2.05, 4.69) is 15.1 Å². The van der Waals surface area contributed by atoms with Crippen molar-refractivity contribution in [3.63, 3.8) is 0 Å². The molecule has 0 atom stereocenters. The molecule has 0 bridgehead atoms. The van der Waals surface area contributed by atoms with E-state index in [1.807, 2.05) is 48.5 Å². The number of nitrogens with one attached hydrogen (secondary N) is 1. The molecule has 162 valence electrons. The lowest BCUT2D eigenvalue weighted by Gasteiger charge is -2.10. The van der Waals surface area contributed by atoms with Crippen LogP contribution in [-0.4, -0.2) is 27.4 Å². The van der Waals surface area contributed by atoms with E-state index in [0.29, 0.717) is 21.6 Å². The van der Waals surface area contributed by atoms with Crippen molar-refractivity contribution in [3.05, 3.63) is 92.9 Å². The SMILES string of the molecule is O=C(CSc1nc2ccccc2n1Cc1ccccc1Cl)N/N=C\c1ccc(Cl)c(Cl)c1. The standard InChI is InChI=1S/C23H17Cl3N4OS/c24-17-6-2-1-5-16(17)13-30-21-8-4-3-7-20(21)28-23(30)32-14-22(31)29-27-12-15-9-10-18(25)19(26)11-15/h1-12H,13-14H2,(H,29,31)/b27-12-. The topological polar surface area (TPSA) is 59.3 Å². The normalized spacial score (nSPS) is 11.3. The highest BCUT2D eigenvalue weighted by Crippen LogP contribution is 2.27. The fourth-order valence-electron chi connectivity index (χ4n) is 3.05. The number of para-hydroxylation sites is 2. The summed E-state index contributed by atoms with van der Waals surface area (Å²) in [6.07, 6.45) is 1.51. The number of fused-ring (bicyclic) bond motifs is 1. The van der Waals surface area contributed by atoms with Crippen molar-refractivity contribution >= 4 is 69.7 Å². The van der Waals surface area contributed by atoms with Gasteiger partial charge in [-0.05, 0) is 41.5 Å². The quantitative estimate of drug-likeness (QED) is 0.183. The second-order valence-electron chi connectivity index (χ2n) is 6.82. The zero-order valence-corrected chi connectivity index (χ0v) is 19.7. The molecule has 0 radical (unpaired) electrons. The molecule has 4 aromatic rings. The molecule has 1 aromatic heterocycles. The fraction of sp³-hybridized carbons (Fsp3) is 0.0870. The number of rotatable bonds is 7. The highest BCUT2D eigenvalue weighted by Gasteiger charge is 2.14. The van der Waals surface area contributed by atoms with Gasteiger partial charge in [-0.3, -0.25) is 4.79 Å². The Kier molecular flexibility index (Phi) is 7.37. The van der Waals surface area contributed by atoms with Gasteiger partial charge in [0, 0.05) is 5.02 Å². The van der Waals surface area contributed by atoms with Crippen molar-refractivity contribution in [2.75, 3.05) is 5.75 Å². The molecule has 4 rings (SSSR count). The molecule has 0 aliphatic carbocycles. The molecule has 0 saturated heterocycles. The van der Waals surface area contributed by atoms with E-state index in [9.17, 15) is 4.79 Å². The van der Waals surface area contributed by atoms with Crippen molar-refractivity contribution in [1.29, 1.82) is 0 Å². The molecule has 1 heterocycles. The number of benzene rings is 3. The van der Waals surface area contributed by atoms with Crippen LogP contribution in [0.4, 0.5) is 0 Å². The lowest BCUT2D eigenvalue weighted by atomic mass is 10.2. The van der Waals surface area contributed by atoms with Crippen LogP contribution >= 0.6 is 46.6 Å². The fourth-order valence-corrected chi connectivity index (χ4v) is 4.36. The molecule has 0 spiro atoms. The van der Waals surface area contributed by atoms with Gasteiger partial charge in [0.15, 0.2) is 5.16 Å². The number of aromatic nitrogens is 2. The van der Waals surface area contributed by atoms with Crippen molar-refractivity contribution in [2.45, 2.75) is 11.7 Å². The average molecular weight is 504 g/mol. The highest BCUT2D eigenvalue weighted by molar-refractivity contribution is 7.99. The minimum Gasteiger partial charge on any atom is -0.314 e. The first-order chi connectivity index (χ1) is 15.5. The van der Waals surface area contributed by atoms with E-state index in [-0.39, 0.29) is 11.7 Å². The summed E-state index contributed by atoms with van der Waals surface area (Å²) in [5.74, 6) is -0.0902. The number of hydrazone groups is 1. The summed E-state index contributed by atoms with van der Waals surface area (Å²) in [4.78, 5) is 17.0. The molecule has 3 aromatic carbocycles. The molecule has 1 amide bonds. The van der Waals surface area contributed by atoms with Gasteiger partial charge in [0.05, 0.1) is 39.6 Å². The Bertz CT molecular complexity index is 1310. The number of halogens is 3. The Morgan fingerprint density at radius 2 is 1.78 bits per heavy atom. The van der Waals surface area contributed by atoms with Gasteiger partial charge in [-0.2, -0.15) is 5.10 Å². The third kappa shape index (κ3) is 5.45. The monoisotopic (exact) mass is 502 g/mol. The Balaban J connectivity index is 1.45. The summed E-state index contributed by atoms with van der Waals surface area (Å²) in [5.41, 5.74) is 6.08. The van der Waals surface area contributed by atoms with Gasteiger partial charge < -0.3 is 4.57 Å². The number of hydrogen-bond acceptors (Lipinski definition) is 4. The summed E-state index contributed by atoms with van der Waals surface area (Å²) >= 11 is 19.6. The second kappa shape index (κ2) is 10.4. The molecular formula is C23H17Cl3N4OS. The lowest BCUT2D eigenvalue weighted by molar-refractivity contribution is -0.118. The average Bonchev–Trinajstić information content (AvgIpc) is 3.14. The van der Waals surface area contributed by atoms with Crippen LogP contribution in [0, 0.1) is 0 Å². The van der Waals surface area contributed by atoms with E-state index in [1.54, 1.807) is 18.2 Å². The number of carbonyl (C=O) groups excluding carboxylic acids is 1. The van der Waals surface area contributed by atoms with Crippen LogP contribution in [-0.2, 0) is 11.3 Å². The Hall–Kier alpha value is -2.51. The lowest BCUT2D eigenvalue weighted by Crippen LogP contribution is -2.20. The smallest absolute Gasteiger partial charge is 0.250 e. The second-order valence-corrected chi connectivity index (χ2v) is 8.98. The van der Waals surface area contributed by atoms with Gasteiger partial charge in [0.2, 0.25) is 0 Å². The largest absolute Gasteiger partial charge is 0.314 e. The van der Waals surface area contributed by atoms with Crippen molar-refractivity contribution < 1.29 is 4.79 Å². The zero-order chi connectivity index (χ0) is 22.5. The van der Waals surface area contributed by atoms with Gasteiger partial charge >= 0.3 is 0 Å². The first kappa shape index (κ1) is 22.7. The van der Waals surface area contributed by atoms with Gasteiger partial charge in [-0.25, -0.2) is 10.4 Å². The van der Waals surface area contributed by atoms with Crippen LogP contribution < -0.4 is 5.43 Å². The minimum absolute atomic E-state index is 0.157. The molecule has 5 nitrogen and oxygen atoms in total. The highest BCUT2D eigenvalue weighted by atomic mass is 35.5. The van der Waals surface area contributed by atoms with Crippen LogP contribution in [0.2, 0.25) is 15.1 Å². The number of imidazole rings is 1. The van der Waals surface area contributed by atoms with Crippen LogP contribution in [0.5, 0.6) is 0 Å². The van der Waals surface area contributed by atoms with E-state index in [4.69, 9.17) is 39.8 Å². The predicted octanol–water partition coefficient (Wildman–Crippen LogP) is 6.29. The van der Waals surface area contributed by atoms with Gasteiger partial charge in [-0.15, -0.1) is 0 Å². The third-order valence-electron chi connectivity index (χ3n) is 4.58. The first-order valence-electron chi connectivity index (χ1n) is 9.59. The molecule has 0 aliphatic rings. The van der Waals surface area contributed by atoms with Gasteiger partial charge in [0.25, 0.3) is 5.91 Å². The maximum absolute atomic E-state index is 12.3. The van der Waals surface area contributed by atoms with Crippen molar-refractivity contribution in [1.82, 2.24) is 15.0 Å². The summed E-state index contributed by atoms with van der Waals surface area (Å²) in [5, 5.41) is 6.29. The molecule has 0 aliphatic heterocycles. The van der Waals surface area contributed by atoms with E-state index < -0.39 is 0 Å². The number of thioether (sulfide) groups is 1. The molecule has 1 N–H and O–H groups in total.